The quantitative estimate of drug-likeness (QED) is 0.109. The van der Waals surface area contributed by atoms with Crippen molar-refractivity contribution >= 4 is 64.2 Å². The maximum Gasteiger partial charge on any atom is 0.326 e. The predicted octanol–water partition coefficient (Wildman–Crippen LogP) is 1.26. The largest absolute Gasteiger partial charge is 0.481 e. The van der Waals surface area contributed by atoms with Crippen molar-refractivity contribution < 1.29 is 24.6 Å². The number of amides is 1. The fraction of sp³-hybridized carbons (Fsp3) is 0.200. The molecule has 11 N–H and O–H groups in total. The fourth-order valence-corrected chi connectivity index (χ4v) is 4.31. The van der Waals surface area contributed by atoms with E-state index < -0.39 is 23.9 Å². The number of carboxylic acids is 2. The minimum atomic E-state index is -1.30. The van der Waals surface area contributed by atoms with Crippen LogP contribution in [0.4, 0.5) is 11.9 Å². The van der Waals surface area contributed by atoms with Gasteiger partial charge in [-0.25, -0.2) is 14.8 Å². The van der Waals surface area contributed by atoms with E-state index in [0.29, 0.717) is 39.7 Å². The Kier molecular flexibility index (Phi) is 8.91. The number of rotatable bonds is 9. The maximum absolute atomic E-state index is 12.3. The Hall–Kier alpha value is -5.58. The summed E-state index contributed by atoms with van der Waals surface area (Å²) in [5.41, 5.74) is 14.3. The van der Waals surface area contributed by atoms with E-state index in [0.717, 1.165) is 11.1 Å². The van der Waals surface area contributed by atoms with Crippen molar-refractivity contribution in [3.63, 3.8) is 0 Å². The van der Waals surface area contributed by atoms with Gasteiger partial charge < -0.3 is 41.9 Å². The van der Waals surface area contributed by atoms with Crippen LogP contribution in [0.5, 0.6) is 0 Å². The molecule has 0 saturated carbocycles. The number of aryl methyl sites for hydroxylation is 2. The van der Waals surface area contributed by atoms with Crippen molar-refractivity contribution in [2.45, 2.75) is 31.7 Å². The lowest BCUT2D eigenvalue weighted by Gasteiger charge is -2.13. The van der Waals surface area contributed by atoms with E-state index in [9.17, 15) is 19.2 Å². The van der Waals surface area contributed by atoms with E-state index in [-0.39, 0.29) is 35.9 Å². The third-order valence-electron chi connectivity index (χ3n) is 6.11. The van der Waals surface area contributed by atoms with Crippen molar-refractivity contribution in [3.8, 4) is 0 Å². The molecule has 0 fully saturated rings. The van der Waals surface area contributed by atoms with Crippen LogP contribution >= 0.6 is 12.2 Å². The first kappa shape index (κ1) is 29.4. The number of fused-ring (bicyclic) bond motifs is 2. The van der Waals surface area contributed by atoms with E-state index in [1.165, 1.54) is 6.33 Å². The number of hydrogen-bond acceptors (Lipinski definition) is 10. The number of nitrogen functional groups attached to an aromatic ring is 2. The number of aromatic amines is 4. The molecule has 5 rings (SSSR count). The second kappa shape index (κ2) is 12.7. The molecule has 0 unspecified atom stereocenters. The molecule has 16 nitrogen and oxygen atoms in total. The monoisotopic (exact) mass is 594 g/mol. The molecule has 5 aromatic rings. The van der Waals surface area contributed by atoms with Crippen LogP contribution < -0.4 is 22.3 Å². The molecule has 0 aliphatic heterocycles. The number of aliphatic carboxylic acids is 2. The Labute approximate surface area is 240 Å². The van der Waals surface area contributed by atoms with Gasteiger partial charge in [0.2, 0.25) is 11.9 Å². The van der Waals surface area contributed by atoms with Gasteiger partial charge in [0.1, 0.15) is 17.2 Å². The van der Waals surface area contributed by atoms with E-state index in [2.05, 4.69) is 40.2 Å². The van der Waals surface area contributed by atoms with Gasteiger partial charge >= 0.3 is 11.9 Å². The smallest absolute Gasteiger partial charge is 0.326 e. The number of aromatic nitrogens is 7. The third kappa shape index (κ3) is 7.13. The van der Waals surface area contributed by atoms with E-state index in [1.54, 1.807) is 30.5 Å². The summed E-state index contributed by atoms with van der Waals surface area (Å²) in [7, 11) is 0. The summed E-state index contributed by atoms with van der Waals surface area (Å²) >= 11 is 4.91. The highest BCUT2D eigenvalue weighted by atomic mass is 32.1. The molecule has 1 aromatic carbocycles. The molecule has 4 aromatic heterocycles. The number of carbonyl (C=O) groups is 3. The van der Waals surface area contributed by atoms with Crippen LogP contribution in [0, 0.1) is 4.64 Å². The normalized spacial score (nSPS) is 11.5. The summed E-state index contributed by atoms with van der Waals surface area (Å²) in [5, 5.41) is 20.6. The van der Waals surface area contributed by atoms with Crippen LogP contribution in [-0.4, -0.2) is 69.0 Å². The van der Waals surface area contributed by atoms with Gasteiger partial charge in [0.05, 0.1) is 11.7 Å². The van der Waals surface area contributed by atoms with Crippen LogP contribution in [0.2, 0.25) is 0 Å². The van der Waals surface area contributed by atoms with Gasteiger partial charge in [-0.2, -0.15) is 4.98 Å². The topological polar surface area (TPSA) is 275 Å². The number of anilines is 2. The molecule has 0 aliphatic rings. The van der Waals surface area contributed by atoms with Crippen LogP contribution in [0.25, 0.3) is 22.2 Å². The Balaban J connectivity index is 0.000000305. The van der Waals surface area contributed by atoms with Gasteiger partial charge in [0.25, 0.3) is 11.5 Å². The lowest BCUT2D eigenvalue weighted by Crippen LogP contribution is -2.41. The summed E-state index contributed by atoms with van der Waals surface area (Å²) in [6, 6.07) is 5.30. The summed E-state index contributed by atoms with van der Waals surface area (Å²) in [6.07, 6.45) is 3.81. The zero-order valence-corrected chi connectivity index (χ0v) is 22.6. The second-order valence-electron chi connectivity index (χ2n) is 9.04. The summed E-state index contributed by atoms with van der Waals surface area (Å²) < 4.78 is 0.439. The Morgan fingerprint density at radius 2 is 1.69 bits per heavy atom. The van der Waals surface area contributed by atoms with Crippen LogP contribution in [0.3, 0.4) is 0 Å². The van der Waals surface area contributed by atoms with E-state index >= 15 is 0 Å². The zero-order chi connectivity index (χ0) is 30.4. The number of nitrogens with zero attached hydrogens (tertiary/aromatic N) is 3. The molecule has 4 heterocycles. The van der Waals surface area contributed by atoms with Gasteiger partial charge in [0, 0.05) is 18.2 Å². The van der Waals surface area contributed by atoms with Gasteiger partial charge in [-0.05, 0) is 42.5 Å². The highest BCUT2D eigenvalue weighted by molar-refractivity contribution is 7.71. The first-order chi connectivity index (χ1) is 20.0. The minimum Gasteiger partial charge on any atom is -0.481 e. The van der Waals surface area contributed by atoms with E-state index in [4.69, 9.17) is 33.9 Å². The number of imidazole rings is 1. The van der Waals surface area contributed by atoms with Crippen LogP contribution in [0.1, 0.15) is 34.3 Å². The Morgan fingerprint density at radius 3 is 2.38 bits per heavy atom. The molecule has 42 heavy (non-hydrogen) atoms. The summed E-state index contributed by atoms with van der Waals surface area (Å²) in [5.74, 6) is -2.71. The van der Waals surface area contributed by atoms with Crippen molar-refractivity contribution in [2.75, 3.05) is 11.5 Å². The number of hydrogen-bond donors (Lipinski definition) is 9. The Morgan fingerprint density at radius 1 is 0.976 bits per heavy atom. The van der Waals surface area contributed by atoms with Crippen LogP contribution in [-0.2, 0) is 22.4 Å². The third-order valence-corrected chi connectivity index (χ3v) is 6.41. The molecule has 0 aliphatic carbocycles. The van der Waals surface area contributed by atoms with Gasteiger partial charge in [-0.1, -0.05) is 24.4 Å². The highest BCUT2D eigenvalue weighted by Gasteiger charge is 2.21. The van der Waals surface area contributed by atoms with Crippen molar-refractivity contribution in [1.82, 2.24) is 40.2 Å². The predicted molar refractivity (Wildman–Crippen MR) is 154 cm³/mol. The van der Waals surface area contributed by atoms with Gasteiger partial charge in [-0.3, -0.25) is 19.4 Å². The fourth-order valence-electron chi connectivity index (χ4n) is 4.05. The Bertz CT molecular complexity index is 1870. The lowest BCUT2D eigenvalue weighted by molar-refractivity contribution is -0.140. The molecule has 0 saturated heterocycles. The van der Waals surface area contributed by atoms with Gasteiger partial charge in [-0.15, -0.1) is 0 Å². The number of carboxylic acid groups (broad SMARTS) is 2. The molecule has 1 amide bonds. The first-order valence-electron chi connectivity index (χ1n) is 12.4. The summed E-state index contributed by atoms with van der Waals surface area (Å²) in [4.78, 5) is 69.1. The molecule has 0 bridgehead atoms. The van der Waals surface area contributed by atoms with Gasteiger partial charge in [0.15, 0.2) is 10.3 Å². The van der Waals surface area contributed by atoms with Crippen molar-refractivity contribution in [2.24, 2.45) is 0 Å². The molecule has 17 heteroatoms. The molecular weight excluding hydrogens is 568 g/mol. The second-order valence-corrected chi connectivity index (χ2v) is 9.42. The SMILES string of the molecule is Nc1nc(=S)c2[nH]cnc2[nH]1.Nc1nc2[nH]cc(CCc3ccc(C(=O)N[C@@H](CCC(=O)O)C(=O)O)cc3)c2c(=O)[nH]1. The average Bonchev–Trinajstić information content (AvgIpc) is 3.57. The molecule has 0 radical (unpaired) electrons. The minimum absolute atomic E-state index is 0.0351. The number of carbonyl (C=O) groups excluding carboxylic acids is 1. The van der Waals surface area contributed by atoms with Crippen LogP contribution in [0.15, 0.2) is 41.6 Å². The molecular formula is C25H26N10O6S. The number of benzene rings is 1. The molecule has 1 atom stereocenters. The van der Waals surface area contributed by atoms with Crippen molar-refractivity contribution in [1.29, 1.82) is 0 Å². The first-order valence-corrected chi connectivity index (χ1v) is 12.8. The standard InChI is InChI=1S/C20H21N5O6.C5H5N5S/c21-20-24-16-15(18(29)25-20)12(9-22-16)6-3-10-1-4-11(5-2-10)17(28)23-13(19(30)31)7-8-14(26)27;6-5-9-3-2(4(11)10-5)7-1-8-3/h1-2,4-5,9,13H,3,6-8H2,(H,23,28)(H,26,27)(H,30,31)(H4,21,22,24,25,29);1H,(H4,6,7,8,9,10,11)/t13-;/m0./s1. The average molecular weight is 595 g/mol. The van der Waals surface area contributed by atoms with Crippen molar-refractivity contribution in [3.05, 3.63) is 68.5 Å². The maximum atomic E-state index is 12.3. The zero-order valence-electron chi connectivity index (χ0n) is 21.8. The number of nitrogens with two attached hydrogens (primary N) is 2. The number of nitrogens with one attached hydrogen (secondary N) is 5. The molecule has 218 valence electrons. The van der Waals surface area contributed by atoms with E-state index in [1.807, 2.05) is 0 Å². The summed E-state index contributed by atoms with van der Waals surface area (Å²) in [6.45, 7) is 0. The molecule has 0 spiro atoms. The highest BCUT2D eigenvalue weighted by Crippen LogP contribution is 2.16. The number of H-pyrrole nitrogens is 4. The lowest BCUT2D eigenvalue weighted by atomic mass is 10.0.